The van der Waals surface area contributed by atoms with E-state index in [0.29, 0.717) is 43.9 Å². The van der Waals surface area contributed by atoms with Crippen molar-refractivity contribution in [2.75, 3.05) is 32.6 Å². The summed E-state index contributed by atoms with van der Waals surface area (Å²) in [6.07, 6.45) is 2.49. The lowest BCUT2D eigenvalue weighted by Crippen LogP contribution is -2.47. The molecule has 1 N–H and O–H groups in total. The normalized spacial score (nSPS) is 15.6. The number of esters is 1. The van der Waals surface area contributed by atoms with Gasteiger partial charge >= 0.3 is 12.1 Å². The van der Waals surface area contributed by atoms with Gasteiger partial charge < -0.3 is 19.7 Å². The Bertz CT molecular complexity index is 731. The number of hydrogen-bond acceptors (Lipinski definition) is 6. The molecule has 2 amide bonds. The predicted octanol–water partition coefficient (Wildman–Crippen LogP) is 1.46. The van der Waals surface area contributed by atoms with E-state index in [0.717, 1.165) is 5.56 Å². The van der Waals surface area contributed by atoms with E-state index in [1.165, 1.54) is 0 Å². The first-order valence-electron chi connectivity index (χ1n) is 9.16. The number of ether oxygens (including phenoxy) is 2. The van der Waals surface area contributed by atoms with Gasteiger partial charge in [-0.15, -0.1) is 0 Å². The summed E-state index contributed by atoms with van der Waals surface area (Å²) < 4.78 is 21.3. The summed E-state index contributed by atoms with van der Waals surface area (Å²) in [4.78, 5) is 37.4. The second kappa shape index (κ2) is 10.8. The number of benzene rings is 1. The molecule has 1 fully saturated rings. The smallest absolute Gasteiger partial charge is 0.409 e. The number of piperidine rings is 1. The second-order valence-corrected chi connectivity index (χ2v) is 7.96. The van der Waals surface area contributed by atoms with Crippen molar-refractivity contribution < 1.29 is 28.1 Å². The quantitative estimate of drug-likeness (QED) is 0.683. The second-order valence-electron chi connectivity index (χ2n) is 6.52. The van der Waals surface area contributed by atoms with Crippen molar-refractivity contribution in [1.29, 1.82) is 0 Å². The van der Waals surface area contributed by atoms with E-state index in [9.17, 15) is 18.6 Å². The molecule has 154 valence electrons. The third-order valence-electron chi connectivity index (χ3n) is 4.25. The van der Waals surface area contributed by atoms with Crippen LogP contribution < -0.4 is 5.32 Å². The molecular formula is C19H26N2O6S. The first kappa shape index (κ1) is 21.9. The van der Waals surface area contributed by atoms with Crippen molar-refractivity contribution >= 4 is 28.8 Å². The van der Waals surface area contributed by atoms with Crippen LogP contribution in [0.15, 0.2) is 24.3 Å². The van der Waals surface area contributed by atoms with E-state index in [-0.39, 0.29) is 24.6 Å². The van der Waals surface area contributed by atoms with Crippen LogP contribution in [0, 0.1) is 0 Å². The fourth-order valence-electron chi connectivity index (χ4n) is 2.93. The average molecular weight is 410 g/mol. The summed E-state index contributed by atoms with van der Waals surface area (Å²) in [6.45, 7) is 2.73. The molecule has 9 heteroatoms. The average Bonchev–Trinajstić information content (AvgIpc) is 2.66. The number of nitrogens with one attached hydrogen (secondary N) is 1. The van der Waals surface area contributed by atoms with Gasteiger partial charge in [-0.05, 0) is 37.5 Å². The van der Waals surface area contributed by atoms with Crippen molar-refractivity contribution in [3.8, 4) is 0 Å². The SMILES string of the molecule is CCOC(=O)N1CCC(NC(=O)COC(=O)c2cccc(CS(C)=O)c2)CC1. The lowest BCUT2D eigenvalue weighted by Gasteiger charge is -2.31. The third kappa shape index (κ3) is 6.95. The van der Waals surface area contributed by atoms with Crippen molar-refractivity contribution in [3.63, 3.8) is 0 Å². The zero-order valence-corrected chi connectivity index (χ0v) is 17.0. The van der Waals surface area contributed by atoms with Crippen LogP contribution in [-0.4, -0.2) is 65.7 Å². The molecule has 0 saturated carbocycles. The van der Waals surface area contributed by atoms with Crippen LogP contribution in [0.1, 0.15) is 35.7 Å². The van der Waals surface area contributed by atoms with Crippen LogP contribution >= 0.6 is 0 Å². The Kier molecular flexibility index (Phi) is 8.43. The van der Waals surface area contributed by atoms with E-state index in [1.807, 2.05) is 0 Å². The molecule has 1 aliphatic rings. The summed E-state index contributed by atoms with van der Waals surface area (Å²) in [6, 6.07) is 6.61. The fraction of sp³-hybridized carbons (Fsp3) is 0.526. The van der Waals surface area contributed by atoms with Gasteiger partial charge in [0.2, 0.25) is 0 Å². The monoisotopic (exact) mass is 410 g/mol. The lowest BCUT2D eigenvalue weighted by molar-refractivity contribution is -0.125. The summed E-state index contributed by atoms with van der Waals surface area (Å²) in [5.74, 6) is -0.628. The highest BCUT2D eigenvalue weighted by Gasteiger charge is 2.24. The number of amides is 2. The first-order valence-corrected chi connectivity index (χ1v) is 10.9. The maximum Gasteiger partial charge on any atom is 0.409 e. The van der Waals surface area contributed by atoms with E-state index in [4.69, 9.17) is 9.47 Å². The minimum Gasteiger partial charge on any atom is -0.452 e. The largest absolute Gasteiger partial charge is 0.452 e. The molecule has 1 atom stereocenters. The van der Waals surface area contributed by atoms with Crippen LogP contribution in [0.3, 0.4) is 0 Å². The van der Waals surface area contributed by atoms with Gasteiger partial charge in [0.1, 0.15) is 0 Å². The van der Waals surface area contributed by atoms with Crippen LogP contribution in [0.5, 0.6) is 0 Å². The molecular weight excluding hydrogens is 384 g/mol. The Morgan fingerprint density at radius 3 is 2.57 bits per heavy atom. The van der Waals surface area contributed by atoms with Crippen LogP contribution in [0.4, 0.5) is 4.79 Å². The minimum atomic E-state index is -1.01. The summed E-state index contributed by atoms with van der Waals surface area (Å²) in [5.41, 5.74) is 1.09. The standard InChI is InChI=1S/C19H26N2O6S/c1-3-26-19(24)21-9-7-16(8-10-21)20-17(22)12-27-18(23)15-6-4-5-14(11-15)13-28(2)25/h4-6,11,16H,3,7-10,12-13H2,1-2H3,(H,20,22). The van der Waals surface area contributed by atoms with E-state index in [1.54, 1.807) is 42.3 Å². The van der Waals surface area contributed by atoms with Gasteiger partial charge in [0.05, 0.1) is 12.2 Å². The first-order chi connectivity index (χ1) is 13.4. The Hall–Kier alpha value is -2.42. The minimum absolute atomic E-state index is 0.0697. The predicted molar refractivity (Wildman–Crippen MR) is 104 cm³/mol. The molecule has 1 heterocycles. The maximum atomic E-state index is 12.1. The zero-order chi connectivity index (χ0) is 20.5. The van der Waals surface area contributed by atoms with Crippen LogP contribution in [0.2, 0.25) is 0 Å². The van der Waals surface area contributed by atoms with Gasteiger partial charge in [-0.2, -0.15) is 0 Å². The highest BCUT2D eigenvalue weighted by Crippen LogP contribution is 2.12. The molecule has 0 spiro atoms. The number of likely N-dealkylation sites (tertiary alicyclic amines) is 1. The molecule has 1 aliphatic heterocycles. The molecule has 1 aromatic carbocycles. The topological polar surface area (TPSA) is 102 Å². The number of rotatable bonds is 7. The Morgan fingerprint density at radius 1 is 1.21 bits per heavy atom. The molecule has 0 aliphatic carbocycles. The highest BCUT2D eigenvalue weighted by molar-refractivity contribution is 7.83. The van der Waals surface area contributed by atoms with Gasteiger partial charge in [-0.1, -0.05) is 12.1 Å². The Balaban J connectivity index is 1.75. The van der Waals surface area contributed by atoms with Crippen LogP contribution in [-0.2, 0) is 30.8 Å². The van der Waals surface area contributed by atoms with Gasteiger partial charge in [0, 0.05) is 41.9 Å². The van der Waals surface area contributed by atoms with Gasteiger partial charge in [-0.25, -0.2) is 9.59 Å². The maximum absolute atomic E-state index is 12.1. The van der Waals surface area contributed by atoms with Crippen molar-refractivity contribution in [2.45, 2.75) is 31.6 Å². The van der Waals surface area contributed by atoms with E-state index in [2.05, 4.69) is 5.32 Å². The fourth-order valence-corrected chi connectivity index (χ4v) is 3.58. The molecule has 0 radical (unpaired) electrons. The molecule has 8 nitrogen and oxygen atoms in total. The number of nitrogens with zero attached hydrogens (tertiary/aromatic N) is 1. The summed E-state index contributed by atoms with van der Waals surface area (Å²) in [5, 5.41) is 2.82. The van der Waals surface area contributed by atoms with Crippen molar-refractivity contribution in [2.24, 2.45) is 0 Å². The zero-order valence-electron chi connectivity index (χ0n) is 16.1. The van der Waals surface area contributed by atoms with Gasteiger partial charge in [0.25, 0.3) is 5.91 Å². The highest BCUT2D eigenvalue weighted by atomic mass is 32.2. The molecule has 1 unspecified atom stereocenters. The number of carbonyl (C=O) groups excluding carboxylic acids is 3. The molecule has 28 heavy (non-hydrogen) atoms. The van der Waals surface area contributed by atoms with Gasteiger partial charge in [0.15, 0.2) is 6.61 Å². The number of carbonyl (C=O) groups is 3. The Morgan fingerprint density at radius 2 is 1.93 bits per heavy atom. The number of hydrogen-bond donors (Lipinski definition) is 1. The molecule has 1 aromatic rings. The molecule has 0 aromatic heterocycles. The van der Waals surface area contributed by atoms with Crippen LogP contribution in [0.25, 0.3) is 0 Å². The Labute approximate surface area is 167 Å². The summed E-state index contributed by atoms with van der Waals surface area (Å²) >= 11 is 0. The van der Waals surface area contributed by atoms with E-state index < -0.39 is 16.8 Å². The lowest BCUT2D eigenvalue weighted by atomic mass is 10.1. The van der Waals surface area contributed by atoms with Crippen molar-refractivity contribution in [3.05, 3.63) is 35.4 Å². The molecule has 2 rings (SSSR count). The third-order valence-corrected chi connectivity index (χ3v) is 4.99. The summed E-state index contributed by atoms with van der Waals surface area (Å²) in [7, 11) is -1.01. The van der Waals surface area contributed by atoms with E-state index >= 15 is 0 Å². The molecule has 1 saturated heterocycles. The van der Waals surface area contributed by atoms with Gasteiger partial charge in [-0.3, -0.25) is 9.00 Å². The van der Waals surface area contributed by atoms with Crippen molar-refractivity contribution in [1.82, 2.24) is 10.2 Å². The molecule has 0 bridgehead atoms.